The van der Waals surface area contributed by atoms with Crippen molar-refractivity contribution in [3.63, 3.8) is 0 Å². The van der Waals surface area contributed by atoms with Gasteiger partial charge in [0.25, 0.3) is 5.91 Å². The van der Waals surface area contributed by atoms with Crippen LogP contribution in [-0.4, -0.2) is 51.0 Å². The van der Waals surface area contributed by atoms with E-state index < -0.39 is 22.0 Å². The number of nitrogens with zero attached hydrogens (tertiary/aromatic N) is 1. The summed E-state index contributed by atoms with van der Waals surface area (Å²) in [7, 11) is -3.79. The predicted molar refractivity (Wildman–Crippen MR) is 157 cm³/mol. The molecule has 0 saturated heterocycles. The van der Waals surface area contributed by atoms with E-state index in [2.05, 4.69) is 28.7 Å². The Hall–Kier alpha value is -2.55. The molecule has 1 spiro atoms. The molecule has 1 fully saturated rings. The molecule has 1 saturated carbocycles. The van der Waals surface area contributed by atoms with Gasteiger partial charge in [0.1, 0.15) is 5.75 Å². The Bertz CT molecular complexity index is 1460. The standard InChI is InChI=1S/C31H37ClN2O5S/c1-30-14-12-23(30)18-34-19-31(13-5-6-21-16-24(32)9-10-25(21)31)20-39-27-11-8-22(17-26(27)34)29(36)33-40(37,38)15-4-2-3-7-28(30)35/h3,7-11,16-17,23,28,35H,2,4-6,12-15,18-20H2,1H3,(H,33,36)/b7-3+/t23-,28-,30-,31+/m1/s1. The van der Waals surface area contributed by atoms with Crippen LogP contribution in [0.15, 0.2) is 48.6 Å². The summed E-state index contributed by atoms with van der Waals surface area (Å²) in [6.45, 7) is 4.04. The summed E-state index contributed by atoms with van der Waals surface area (Å²) >= 11 is 6.38. The lowest BCUT2D eigenvalue weighted by Gasteiger charge is -2.52. The molecule has 214 valence electrons. The van der Waals surface area contributed by atoms with Crippen LogP contribution in [0.25, 0.3) is 0 Å². The highest BCUT2D eigenvalue weighted by atomic mass is 35.5. The quantitative estimate of drug-likeness (QED) is 0.423. The molecule has 7 nitrogen and oxygen atoms in total. The summed E-state index contributed by atoms with van der Waals surface area (Å²) in [5.74, 6) is 0.130. The van der Waals surface area contributed by atoms with Gasteiger partial charge in [-0.1, -0.05) is 36.7 Å². The van der Waals surface area contributed by atoms with Gasteiger partial charge in [-0.05, 0) is 92.3 Å². The van der Waals surface area contributed by atoms with E-state index in [0.29, 0.717) is 38.3 Å². The first-order valence-corrected chi connectivity index (χ1v) is 16.3. The number of aliphatic hydroxyl groups is 1. The molecule has 1 amide bonds. The molecule has 6 rings (SSSR count). The zero-order chi connectivity index (χ0) is 28.1. The van der Waals surface area contributed by atoms with E-state index in [-0.39, 0.29) is 28.1 Å². The number of carbonyl (C=O) groups is 1. The predicted octanol–water partition coefficient (Wildman–Crippen LogP) is 5.00. The van der Waals surface area contributed by atoms with Crippen LogP contribution in [0, 0.1) is 11.3 Å². The number of ether oxygens (including phenoxy) is 1. The number of benzene rings is 2. The number of sulfonamides is 1. The second kappa shape index (κ2) is 10.4. The number of fused-ring (bicyclic) bond motifs is 4. The molecular weight excluding hydrogens is 548 g/mol. The monoisotopic (exact) mass is 584 g/mol. The van der Waals surface area contributed by atoms with Gasteiger partial charge in [0.15, 0.2) is 0 Å². The van der Waals surface area contributed by atoms with Crippen LogP contribution in [-0.2, 0) is 21.9 Å². The topological polar surface area (TPSA) is 95.9 Å². The minimum Gasteiger partial charge on any atom is -0.490 e. The Kier molecular flexibility index (Phi) is 7.16. The number of hydrogen-bond acceptors (Lipinski definition) is 6. The van der Waals surface area contributed by atoms with E-state index in [1.165, 1.54) is 11.1 Å². The maximum atomic E-state index is 13.1. The van der Waals surface area contributed by atoms with Gasteiger partial charge in [0, 0.05) is 34.5 Å². The Morgan fingerprint density at radius 2 is 2.00 bits per heavy atom. The maximum absolute atomic E-state index is 13.1. The first-order valence-electron chi connectivity index (χ1n) is 14.3. The van der Waals surface area contributed by atoms with Crippen LogP contribution in [0.5, 0.6) is 5.75 Å². The summed E-state index contributed by atoms with van der Waals surface area (Å²) in [5, 5.41) is 11.9. The zero-order valence-electron chi connectivity index (χ0n) is 22.9. The molecule has 2 bridgehead atoms. The van der Waals surface area contributed by atoms with E-state index in [4.69, 9.17) is 16.3 Å². The van der Waals surface area contributed by atoms with Crippen molar-refractivity contribution in [2.24, 2.45) is 11.3 Å². The number of allylic oxidation sites excluding steroid dienone is 1. The van der Waals surface area contributed by atoms with Gasteiger partial charge in [-0.3, -0.25) is 4.79 Å². The molecule has 9 heteroatoms. The number of aryl methyl sites for hydroxylation is 1. The van der Waals surface area contributed by atoms with Gasteiger partial charge >= 0.3 is 0 Å². The van der Waals surface area contributed by atoms with Gasteiger partial charge in [-0.25, -0.2) is 13.1 Å². The molecule has 2 heterocycles. The third-order valence-electron chi connectivity index (χ3n) is 9.73. The van der Waals surface area contributed by atoms with E-state index in [0.717, 1.165) is 42.8 Å². The molecular formula is C31H37ClN2O5S. The molecule has 4 atom stereocenters. The fourth-order valence-electron chi connectivity index (χ4n) is 7.10. The third kappa shape index (κ3) is 5.03. The zero-order valence-corrected chi connectivity index (χ0v) is 24.4. The fraction of sp³-hybridized carbons (Fsp3) is 0.516. The highest BCUT2D eigenvalue weighted by molar-refractivity contribution is 7.90. The number of rotatable bonds is 0. The van der Waals surface area contributed by atoms with Crippen molar-refractivity contribution in [3.8, 4) is 5.75 Å². The van der Waals surface area contributed by atoms with Gasteiger partial charge < -0.3 is 14.7 Å². The first-order chi connectivity index (χ1) is 19.1. The molecule has 2 aromatic carbocycles. The number of anilines is 1. The van der Waals surface area contributed by atoms with Gasteiger partial charge in [0.05, 0.1) is 24.2 Å². The minimum absolute atomic E-state index is 0.162. The van der Waals surface area contributed by atoms with Crippen molar-refractivity contribution in [2.75, 3.05) is 30.3 Å². The number of halogens is 1. The molecule has 2 aliphatic heterocycles. The van der Waals surface area contributed by atoms with Crippen molar-refractivity contribution < 1.29 is 23.1 Å². The van der Waals surface area contributed by atoms with Gasteiger partial charge in [-0.2, -0.15) is 0 Å². The number of amides is 1. The summed E-state index contributed by atoms with van der Waals surface area (Å²) in [4.78, 5) is 15.4. The molecule has 0 unspecified atom stereocenters. The van der Waals surface area contributed by atoms with Crippen molar-refractivity contribution in [1.29, 1.82) is 0 Å². The first kappa shape index (κ1) is 27.6. The van der Waals surface area contributed by atoms with E-state index in [1.807, 2.05) is 18.2 Å². The lowest BCUT2D eigenvalue weighted by atomic mass is 9.58. The number of aliphatic hydroxyl groups excluding tert-OH is 1. The van der Waals surface area contributed by atoms with E-state index >= 15 is 0 Å². The van der Waals surface area contributed by atoms with Crippen molar-refractivity contribution in [2.45, 2.75) is 63.4 Å². The molecule has 4 aliphatic rings. The highest BCUT2D eigenvalue weighted by Gasteiger charge is 2.49. The summed E-state index contributed by atoms with van der Waals surface area (Å²) in [6.07, 6.45) is 8.85. The van der Waals surface area contributed by atoms with Crippen molar-refractivity contribution in [3.05, 3.63) is 70.3 Å². The lowest BCUT2D eigenvalue weighted by molar-refractivity contribution is -0.0469. The van der Waals surface area contributed by atoms with Crippen LogP contribution >= 0.6 is 11.6 Å². The molecule has 40 heavy (non-hydrogen) atoms. The second-order valence-corrected chi connectivity index (χ2v) is 14.6. The Morgan fingerprint density at radius 3 is 2.80 bits per heavy atom. The molecule has 0 radical (unpaired) electrons. The van der Waals surface area contributed by atoms with Crippen LogP contribution in [0.2, 0.25) is 5.02 Å². The summed E-state index contributed by atoms with van der Waals surface area (Å²) in [5.41, 5.74) is 3.03. The molecule has 2 aliphatic carbocycles. The van der Waals surface area contributed by atoms with E-state index in [1.54, 1.807) is 18.2 Å². The Morgan fingerprint density at radius 1 is 1.15 bits per heavy atom. The minimum atomic E-state index is -3.79. The summed E-state index contributed by atoms with van der Waals surface area (Å²) in [6, 6.07) is 11.3. The Labute approximate surface area is 241 Å². The van der Waals surface area contributed by atoms with Crippen LogP contribution in [0.4, 0.5) is 5.69 Å². The Balaban J connectivity index is 1.44. The SMILES string of the molecule is C[C@@]12CC[C@@H]1CN1C[C@@]3(CCCc4cc(Cl)ccc43)COc3ccc(cc31)C(=O)NS(=O)(=O)CCC/C=C/[C@H]2O. The van der Waals surface area contributed by atoms with Gasteiger partial charge in [0.2, 0.25) is 10.0 Å². The summed E-state index contributed by atoms with van der Waals surface area (Å²) < 4.78 is 34.0. The smallest absolute Gasteiger partial charge is 0.264 e. The van der Waals surface area contributed by atoms with Crippen LogP contribution in [0.3, 0.4) is 0 Å². The lowest BCUT2D eigenvalue weighted by Crippen LogP contribution is -2.53. The number of carbonyl (C=O) groups excluding carboxylic acids is 1. The highest BCUT2D eigenvalue weighted by Crippen LogP contribution is 2.52. The average molecular weight is 585 g/mol. The fourth-order valence-corrected chi connectivity index (χ4v) is 8.35. The normalized spacial score (nSPS) is 32.5. The molecule has 0 aromatic heterocycles. The number of nitrogens with one attached hydrogen (secondary N) is 1. The van der Waals surface area contributed by atoms with Crippen LogP contribution < -0.4 is 14.4 Å². The average Bonchev–Trinajstić information content (AvgIpc) is 3.06. The van der Waals surface area contributed by atoms with Crippen molar-refractivity contribution in [1.82, 2.24) is 4.72 Å². The van der Waals surface area contributed by atoms with Crippen LogP contribution in [0.1, 0.15) is 66.9 Å². The largest absolute Gasteiger partial charge is 0.490 e. The second-order valence-electron chi connectivity index (χ2n) is 12.3. The van der Waals surface area contributed by atoms with Gasteiger partial charge in [-0.15, -0.1) is 0 Å². The maximum Gasteiger partial charge on any atom is 0.264 e. The molecule has 2 N–H and O–H groups in total. The van der Waals surface area contributed by atoms with Crippen molar-refractivity contribution >= 4 is 33.2 Å². The van der Waals surface area contributed by atoms with E-state index in [9.17, 15) is 18.3 Å². The molecule has 2 aromatic rings. The third-order valence-corrected chi connectivity index (χ3v) is 11.3. The number of hydrogen-bond donors (Lipinski definition) is 2.